The second kappa shape index (κ2) is 5.91. The molecule has 0 unspecified atom stereocenters. The summed E-state index contributed by atoms with van der Waals surface area (Å²) in [6, 6.07) is 6.51. The van der Waals surface area contributed by atoms with Crippen LogP contribution in [0.2, 0.25) is 0 Å². The van der Waals surface area contributed by atoms with Crippen LogP contribution in [0, 0.1) is 6.92 Å². The van der Waals surface area contributed by atoms with Crippen molar-refractivity contribution in [3.05, 3.63) is 23.8 Å². The normalized spacial score (nSPS) is 10.1. The zero-order valence-corrected chi connectivity index (χ0v) is 10.8. The first-order valence-electron chi connectivity index (χ1n) is 5.16. The Kier molecular flexibility index (Phi) is 4.82. The highest BCUT2D eigenvalue weighted by Crippen LogP contribution is 2.22. The minimum Gasteiger partial charge on any atom is -0.384 e. The average Bonchev–Trinajstić information content (AvgIpc) is 2.20. The maximum absolute atomic E-state index is 3.42. The minimum absolute atomic E-state index is 1.02. The van der Waals surface area contributed by atoms with E-state index in [1.165, 1.54) is 16.9 Å². The van der Waals surface area contributed by atoms with Gasteiger partial charge in [0.1, 0.15) is 0 Å². The third-order valence-electron chi connectivity index (χ3n) is 2.33. The molecule has 84 valence electrons. The van der Waals surface area contributed by atoms with Crippen LogP contribution in [0.4, 0.5) is 11.4 Å². The SMILES string of the molecule is CSCCNc1ccc(C)c(N(C)C)c1. The molecular formula is C12H20N2S. The molecule has 3 heteroatoms. The molecule has 0 aliphatic carbocycles. The van der Waals surface area contributed by atoms with Crippen molar-refractivity contribution in [1.29, 1.82) is 0 Å². The van der Waals surface area contributed by atoms with E-state index >= 15 is 0 Å². The smallest absolute Gasteiger partial charge is 0.0411 e. The Labute approximate surface area is 97.1 Å². The van der Waals surface area contributed by atoms with Gasteiger partial charge >= 0.3 is 0 Å². The summed E-state index contributed by atoms with van der Waals surface area (Å²) < 4.78 is 0. The fourth-order valence-corrected chi connectivity index (χ4v) is 1.80. The molecule has 0 aliphatic rings. The van der Waals surface area contributed by atoms with Crippen molar-refractivity contribution in [2.24, 2.45) is 0 Å². The molecular weight excluding hydrogens is 204 g/mol. The van der Waals surface area contributed by atoms with Gasteiger partial charge in [0, 0.05) is 37.8 Å². The summed E-state index contributed by atoms with van der Waals surface area (Å²) in [6.07, 6.45) is 2.13. The minimum atomic E-state index is 1.02. The lowest BCUT2D eigenvalue weighted by atomic mass is 10.1. The molecule has 0 heterocycles. The zero-order valence-electron chi connectivity index (χ0n) is 10.0. The van der Waals surface area contributed by atoms with Crippen molar-refractivity contribution in [2.45, 2.75) is 6.92 Å². The fraction of sp³-hybridized carbons (Fsp3) is 0.500. The second-order valence-electron chi connectivity index (χ2n) is 3.82. The van der Waals surface area contributed by atoms with E-state index in [4.69, 9.17) is 0 Å². The number of hydrogen-bond acceptors (Lipinski definition) is 3. The lowest BCUT2D eigenvalue weighted by Crippen LogP contribution is -2.11. The zero-order chi connectivity index (χ0) is 11.3. The largest absolute Gasteiger partial charge is 0.384 e. The van der Waals surface area contributed by atoms with Crippen LogP contribution in [0.3, 0.4) is 0 Å². The molecule has 2 nitrogen and oxygen atoms in total. The topological polar surface area (TPSA) is 15.3 Å². The van der Waals surface area contributed by atoms with Gasteiger partial charge in [-0.05, 0) is 30.9 Å². The number of hydrogen-bond donors (Lipinski definition) is 1. The van der Waals surface area contributed by atoms with Gasteiger partial charge in [0.25, 0.3) is 0 Å². The van der Waals surface area contributed by atoms with E-state index in [1.54, 1.807) is 0 Å². The van der Waals surface area contributed by atoms with E-state index in [0.717, 1.165) is 12.3 Å². The molecule has 1 N–H and O–H groups in total. The molecule has 0 amide bonds. The van der Waals surface area contributed by atoms with Crippen LogP contribution in [0.15, 0.2) is 18.2 Å². The summed E-state index contributed by atoms with van der Waals surface area (Å²) >= 11 is 1.86. The Morgan fingerprint density at radius 3 is 2.67 bits per heavy atom. The van der Waals surface area contributed by atoms with Crippen LogP contribution >= 0.6 is 11.8 Å². The predicted octanol–water partition coefficient (Wildman–Crippen LogP) is 2.84. The highest BCUT2D eigenvalue weighted by atomic mass is 32.2. The molecule has 0 saturated heterocycles. The van der Waals surface area contributed by atoms with Gasteiger partial charge in [0.2, 0.25) is 0 Å². The summed E-state index contributed by atoms with van der Waals surface area (Å²) in [7, 11) is 4.15. The fourth-order valence-electron chi connectivity index (χ4n) is 1.50. The average molecular weight is 224 g/mol. The molecule has 0 bridgehead atoms. The predicted molar refractivity (Wildman–Crippen MR) is 72.4 cm³/mol. The number of anilines is 2. The maximum Gasteiger partial charge on any atom is 0.0411 e. The molecule has 0 spiro atoms. The standard InChI is InChI=1S/C12H20N2S/c1-10-5-6-11(13-7-8-15-4)9-12(10)14(2)3/h5-6,9,13H,7-8H2,1-4H3. The molecule has 1 rings (SSSR count). The van der Waals surface area contributed by atoms with Crippen LogP contribution in [0.1, 0.15) is 5.56 Å². The van der Waals surface area contributed by atoms with Gasteiger partial charge in [-0.2, -0.15) is 11.8 Å². The quantitative estimate of drug-likeness (QED) is 0.774. The highest BCUT2D eigenvalue weighted by Gasteiger charge is 2.01. The van der Waals surface area contributed by atoms with Gasteiger partial charge in [-0.25, -0.2) is 0 Å². The molecule has 0 atom stereocenters. The van der Waals surface area contributed by atoms with Crippen molar-refractivity contribution >= 4 is 23.1 Å². The summed E-state index contributed by atoms with van der Waals surface area (Å²) in [5.74, 6) is 1.14. The van der Waals surface area contributed by atoms with Crippen LogP contribution in [0.25, 0.3) is 0 Å². The second-order valence-corrected chi connectivity index (χ2v) is 4.80. The van der Waals surface area contributed by atoms with Crippen molar-refractivity contribution in [1.82, 2.24) is 0 Å². The molecule has 0 saturated carbocycles. The molecule has 1 aromatic carbocycles. The summed E-state index contributed by atoms with van der Waals surface area (Å²) in [5, 5.41) is 3.42. The Morgan fingerprint density at radius 2 is 2.07 bits per heavy atom. The van der Waals surface area contributed by atoms with Crippen molar-refractivity contribution in [3.8, 4) is 0 Å². The first-order valence-corrected chi connectivity index (χ1v) is 6.55. The van der Waals surface area contributed by atoms with Crippen LogP contribution < -0.4 is 10.2 Å². The first kappa shape index (κ1) is 12.2. The number of nitrogens with one attached hydrogen (secondary N) is 1. The summed E-state index contributed by atoms with van der Waals surface area (Å²) in [5.41, 5.74) is 3.80. The van der Waals surface area contributed by atoms with Crippen molar-refractivity contribution < 1.29 is 0 Å². The lowest BCUT2D eigenvalue weighted by molar-refractivity contribution is 1.11. The molecule has 0 aliphatic heterocycles. The monoisotopic (exact) mass is 224 g/mol. The van der Waals surface area contributed by atoms with Crippen LogP contribution in [0.5, 0.6) is 0 Å². The van der Waals surface area contributed by atoms with E-state index in [0.29, 0.717) is 0 Å². The van der Waals surface area contributed by atoms with Gasteiger partial charge in [0.15, 0.2) is 0 Å². The van der Waals surface area contributed by atoms with Crippen molar-refractivity contribution in [3.63, 3.8) is 0 Å². The van der Waals surface area contributed by atoms with Gasteiger partial charge in [0.05, 0.1) is 0 Å². The molecule has 0 aromatic heterocycles. The molecule has 0 fully saturated rings. The van der Waals surface area contributed by atoms with E-state index in [-0.39, 0.29) is 0 Å². The number of rotatable bonds is 5. The van der Waals surface area contributed by atoms with Crippen molar-refractivity contribution in [2.75, 3.05) is 42.9 Å². The Balaban J connectivity index is 2.70. The van der Waals surface area contributed by atoms with Crippen LogP contribution in [-0.2, 0) is 0 Å². The number of benzene rings is 1. The van der Waals surface area contributed by atoms with E-state index in [9.17, 15) is 0 Å². The maximum atomic E-state index is 3.42. The van der Waals surface area contributed by atoms with E-state index in [2.05, 4.69) is 55.7 Å². The molecule has 1 aromatic rings. The van der Waals surface area contributed by atoms with E-state index in [1.807, 2.05) is 11.8 Å². The Hall–Kier alpha value is -0.830. The summed E-state index contributed by atoms with van der Waals surface area (Å²) in [6.45, 7) is 3.16. The van der Waals surface area contributed by atoms with Gasteiger partial charge < -0.3 is 10.2 Å². The van der Waals surface area contributed by atoms with E-state index < -0.39 is 0 Å². The van der Waals surface area contributed by atoms with Gasteiger partial charge in [-0.1, -0.05) is 6.07 Å². The lowest BCUT2D eigenvalue weighted by Gasteiger charge is -2.17. The number of thioether (sulfide) groups is 1. The van der Waals surface area contributed by atoms with Gasteiger partial charge in [-0.3, -0.25) is 0 Å². The van der Waals surface area contributed by atoms with Gasteiger partial charge in [-0.15, -0.1) is 0 Å². The molecule has 0 radical (unpaired) electrons. The number of aryl methyl sites for hydroxylation is 1. The Bertz CT molecular complexity index is 310. The number of nitrogens with zero attached hydrogens (tertiary/aromatic N) is 1. The van der Waals surface area contributed by atoms with Crippen LogP contribution in [-0.4, -0.2) is 32.6 Å². The highest BCUT2D eigenvalue weighted by molar-refractivity contribution is 7.98. The third kappa shape index (κ3) is 3.67. The molecule has 15 heavy (non-hydrogen) atoms. The first-order chi connectivity index (χ1) is 7.15. The Morgan fingerprint density at radius 1 is 1.33 bits per heavy atom. The third-order valence-corrected chi connectivity index (χ3v) is 2.94. The summed E-state index contributed by atoms with van der Waals surface area (Å²) in [4.78, 5) is 2.15.